The number of aromatic nitrogens is 2. The number of hydrogen-bond acceptors (Lipinski definition) is 5. The number of rotatable bonds is 2. The molecule has 2 saturated heterocycles. The fourth-order valence-electron chi connectivity index (χ4n) is 2.38. The Hall–Kier alpha value is -0.520. The minimum absolute atomic E-state index is 0.454. The molecule has 3 rings (SSSR count). The average Bonchev–Trinajstić information content (AvgIpc) is 3.01. The summed E-state index contributed by atoms with van der Waals surface area (Å²) in [6.45, 7) is 2.85. The van der Waals surface area contributed by atoms with Crippen LogP contribution >= 0.6 is 11.3 Å². The summed E-state index contributed by atoms with van der Waals surface area (Å²) in [6.07, 6.45) is 4.82. The van der Waals surface area contributed by atoms with Gasteiger partial charge in [-0.15, -0.1) is 10.2 Å². The summed E-state index contributed by atoms with van der Waals surface area (Å²) < 4.78 is 5.49. The molecule has 1 aromatic rings. The minimum atomic E-state index is 0.454. The molecule has 0 aliphatic carbocycles. The smallest absolute Gasteiger partial charge is 0.134 e. The van der Waals surface area contributed by atoms with E-state index in [9.17, 15) is 0 Å². The van der Waals surface area contributed by atoms with E-state index in [1.54, 1.807) is 11.3 Å². The molecule has 2 fully saturated rings. The summed E-state index contributed by atoms with van der Waals surface area (Å²) in [7, 11) is 0. The van der Waals surface area contributed by atoms with E-state index in [0.717, 1.165) is 31.2 Å². The van der Waals surface area contributed by atoms with Crippen LogP contribution in [0.25, 0.3) is 0 Å². The highest BCUT2D eigenvalue weighted by Gasteiger charge is 2.24. The van der Waals surface area contributed by atoms with E-state index < -0.39 is 0 Å². The summed E-state index contributed by atoms with van der Waals surface area (Å²) in [5, 5.41) is 14.5. The highest BCUT2D eigenvalue weighted by atomic mass is 32.1. The maximum atomic E-state index is 5.49. The third-order valence-electron chi connectivity index (χ3n) is 3.32. The molecule has 2 aliphatic heterocycles. The fraction of sp³-hybridized carbons (Fsp3) is 0.818. The molecule has 2 aliphatic rings. The average molecular weight is 239 g/mol. The van der Waals surface area contributed by atoms with Crippen LogP contribution in [0.4, 0.5) is 0 Å². The molecule has 1 aromatic heterocycles. The Morgan fingerprint density at radius 3 is 2.88 bits per heavy atom. The Morgan fingerprint density at radius 1 is 1.19 bits per heavy atom. The number of nitrogens with zero attached hydrogens (tertiary/aromatic N) is 2. The first-order valence-electron chi connectivity index (χ1n) is 6.08. The van der Waals surface area contributed by atoms with Gasteiger partial charge in [0, 0.05) is 12.5 Å². The van der Waals surface area contributed by atoms with E-state index in [-0.39, 0.29) is 0 Å². The summed E-state index contributed by atoms with van der Waals surface area (Å²) >= 11 is 1.77. The predicted molar refractivity (Wildman–Crippen MR) is 62.7 cm³/mol. The van der Waals surface area contributed by atoms with Crippen LogP contribution in [-0.2, 0) is 4.74 Å². The SMILES string of the molecule is C1COCC(c2nnc(C3CCCN3)s2)C1. The van der Waals surface area contributed by atoms with Crippen LogP contribution in [0, 0.1) is 0 Å². The highest BCUT2D eigenvalue weighted by Crippen LogP contribution is 2.32. The molecule has 0 bridgehead atoms. The van der Waals surface area contributed by atoms with Crippen molar-refractivity contribution in [2.45, 2.75) is 37.6 Å². The van der Waals surface area contributed by atoms with Crippen LogP contribution in [0.5, 0.6) is 0 Å². The standard InChI is InChI=1S/C11H17N3OS/c1-4-9(12-5-1)11-14-13-10(16-11)8-3-2-6-15-7-8/h8-9,12H,1-7H2. The Balaban J connectivity index is 1.71. The van der Waals surface area contributed by atoms with Crippen molar-refractivity contribution in [3.05, 3.63) is 10.0 Å². The maximum absolute atomic E-state index is 5.49. The van der Waals surface area contributed by atoms with E-state index >= 15 is 0 Å². The van der Waals surface area contributed by atoms with E-state index in [4.69, 9.17) is 4.74 Å². The van der Waals surface area contributed by atoms with Gasteiger partial charge in [0.15, 0.2) is 0 Å². The molecule has 5 heteroatoms. The Kier molecular flexibility index (Phi) is 3.17. The van der Waals surface area contributed by atoms with Gasteiger partial charge in [0.1, 0.15) is 10.0 Å². The molecule has 2 unspecified atom stereocenters. The first kappa shape index (κ1) is 10.6. The van der Waals surface area contributed by atoms with Crippen LogP contribution in [0.1, 0.15) is 47.7 Å². The van der Waals surface area contributed by atoms with Gasteiger partial charge < -0.3 is 10.1 Å². The summed E-state index contributed by atoms with van der Waals surface area (Å²) in [4.78, 5) is 0. The van der Waals surface area contributed by atoms with Crippen molar-refractivity contribution in [1.82, 2.24) is 15.5 Å². The Labute approximate surface area is 99.4 Å². The third kappa shape index (κ3) is 2.12. The monoisotopic (exact) mass is 239 g/mol. The van der Waals surface area contributed by atoms with Crippen LogP contribution in [0.15, 0.2) is 0 Å². The minimum Gasteiger partial charge on any atom is -0.381 e. The second-order valence-corrected chi connectivity index (χ2v) is 5.58. The highest BCUT2D eigenvalue weighted by molar-refractivity contribution is 7.11. The topological polar surface area (TPSA) is 47.0 Å². The summed E-state index contributed by atoms with van der Waals surface area (Å²) in [5.41, 5.74) is 0. The third-order valence-corrected chi connectivity index (χ3v) is 4.52. The van der Waals surface area contributed by atoms with Gasteiger partial charge in [-0.2, -0.15) is 0 Å². The summed E-state index contributed by atoms with van der Waals surface area (Å²) in [6, 6.07) is 0.454. The second-order valence-electron chi connectivity index (χ2n) is 4.54. The van der Waals surface area contributed by atoms with Gasteiger partial charge in [-0.1, -0.05) is 11.3 Å². The molecule has 3 heterocycles. The van der Waals surface area contributed by atoms with Crippen molar-refractivity contribution in [3.63, 3.8) is 0 Å². The van der Waals surface area contributed by atoms with Gasteiger partial charge in [0.2, 0.25) is 0 Å². The van der Waals surface area contributed by atoms with Gasteiger partial charge in [0.05, 0.1) is 12.6 Å². The first-order chi connectivity index (χ1) is 7.93. The van der Waals surface area contributed by atoms with Gasteiger partial charge >= 0.3 is 0 Å². The van der Waals surface area contributed by atoms with Crippen molar-refractivity contribution in [3.8, 4) is 0 Å². The molecule has 2 atom stereocenters. The second kappa shape index (κ2) is 4.77. The zero-order valence-corrected chi connectivity index (χ0v) is 10.1. The molecule has 16 heavy (non-hydrogen) atoms. The molecule has 0 aromatic carbocycles. The molecule has 1 N–H and O–H groups in total. The lowest BCUT2D eigenvalue weighted by Crippen LogP contribution is -2.15. The van der Waals surface area contributed by atoms with E-state index in [1.807, 2.05) is 0 Å². The molecule has 0 saturated carbocycles. The van der Waals surface area contributed by atoms with Gasteiger partial charge in [-0.05, 0) is 32.2 Å². The number of hydrogen-bond donors (Lipinski definition) is 1. The van der Waals surface area contributed by atoms with E-state index in [1.165, 1.54) is 24.3 Å². The molecule has 0 radical (unpaired) electrons. The van der Waals surface area contributed by atoms with Crippen LogP contribution < -0.4 is 5.32 Å². The van der Waals surface area contributed by atoms with Crippen LogP contribution in [0.3, 0.4) is 0 Å². The van der Waals surface area contributed by atoms with Crippen molar-refractivity contribution < 1.29 is 4.74 Å². The molecule has 0 spiro atoms. The molecule has 0 amide bonds. The quantitative estimate of drug-likeness (QED) is 0.855. The van der Waals surface area contributed by atoms with Crippen molar-refractivity contribution in [1.29, 1.82) is 0 Å². The van der Waals surface area contributed by atoms with Crippen LogP contribution in [0.2, 0.25) is 0 Å². The van der Waals surface area contributed by atoms with Gasteiger partial charge in [-0.3, -0.25) is 0 Å². The zero-order valence-electron chi connectivity index (χ0n) is 9.32. The number of nitrogens with one attached hydrogen (secondary N) is 1. The maximum Gasteiger partial charge on any atom is 0.134 e. The summed E-state index contributed by atoms with van der Waals surface area (Å²) in [5.74, 6) is 0.487. The molecular weight excluding hydrogens is 222 g/mol. The fourth-order valence-corrected chi connectivity index (χ4v) is 3.46. The molecule has 4 nitrogen and oxygen atoms in total. The van der Waals surface area contributed by atoms with Crippen LogP contribution in [-0.4, -0.2) is 30.0 Å². The van der Waals surface area contributed by atoms with E-state index in [0.29, 0.717) is 12.0 Å². The molecule has 88 valence electrons. The van der Waals surface area contributed by atoms with Gasteiger partial charge in [-0.25, -0.2) is 0 Å². The van der Waals surface area contributed by atoms with Crippen molar-refractivity contribution >= 4 is 11.3 Å². The van der Waals surface area contributed by atoms with Crippen molar-refractivity contribution in [2.75, 3.05) is 19.8 Å². The van der Waals surface area contributed by atoms with E-state index in [2.05, 4.69) is 15.5 Å². The molecular formula is C11H17N3OS. The Bertz CT molecular complexity index is 343. The zero-order chi connectivity index (χ0) is 10.8. The van der Waals surface area contributed by atoms with Crippen molar-refractivity contribution in [2.24, 2.45) is 0 Å². The predicted octanol–water partition coefficient (Wildman–Crippen LogP) is 1.86. The largest absolute Gasteiger partial charge is 0.381 e. The number of ether oxygens (including phenoxy) is 1. The lowest BCUT2D eigenvalue weighted by Gasteiger charge is -2.19. The lowest BCUT2D eigenvalue weighted by molar-refractivity contribution is 0.0802. The normalized spacial score (nSPS) is 30.8. The van der Waals surface area contributed by atoms with Gasteiger partial charge in [0.25, 0.3) is 0 Å². The first-order valence-corrected chi connectivity index (χ1v) is 6.89. The Morgan fingerprint density at radius 2 is 2.12 bits per heavy atom. The lowest BCUT2D eigenvalue weighted by atomic mass is 10.0.